The van der Waals surface area contributed by atoms with Crippen molar-refractivity contribution in [1.29, 1.82) is 0 Å². The zero-order valence-electron chi connectivity index (χ0n) is 11.7. The Kier molecular flexibility index (Phi) is 5.17. The zero-order valence-corrected chi connectivity index (χ0v) is 13.3. The predicted octanol–water partition coefficient (Wildman–Crippen LogP) is 0.764. The highest BCUT2D eigenvalue weighted by atomic mass is 32.2. The van der Waals surface area contributed by atoms with Gasteiger partial charge in [-0.15, -0.1) is 0 Å². The van der Waals surface area contributed by atoms with Gasteiger partial charge in [0.05, 0.1) is 5.75 Å². The highest BCUT2D eigenvalue weighted by molar-refractivity contribution is 7.91. The normalized spacial score (nSPS) is 12.4. The van der Waals surface area contributed by atoms with Crippen LogP contribution in [-0.4, -0.2) is 34.9 Å². The summed E-state index contributed by atoms with van der Waals surface area (Å²) >= 11 is 0. The Morgan fingerprint density at radius 1 is 1.15 bits per heavy atom. The molecule has 0 radical (unpaired) electrons. The van der Waals surface area contributed by atoms with E-state index < -0.39 is 19.9 Å². The van der Waals surface area contributed by atoms with Crippen molar-refractivity contribution in [1.82, 2.24) is 0 Å². The molecule has 1 aromatic carbocycles. The van der Waals surface area contributed by atoms with Crippen molar-refractivity contribution in [2.45, 2.75) is 25.7 Å². The molecule has 1 rings (SSSR count). The Bertz CT molecular complexity index is 693. The molecule has 0 aromatic heterocycles. The minimum atomic E-state index is -3.92. The van der Waals surface area contributed by atoms with Gasteiger partial charge in [0, 0.05) is 5.75 Å². The van der Waals surface area contributed by atoms with E-state index in [-0.39, 0.29) is 28.8 Å². The van der Waals surface area contributed by atoms with Crippen molar-refractivity contribution in [3.63, 3.8) is 0 Å². The molecule has 0 unspecified atom stereocenters. The van der Waals surface area contributed by atoms with Gasteiger partial charge in [0.1, 0.15) is 17.3 Å². The van der Waals surface area contributed by atoms with E-state index >= 15 is 0 Å². The first kappa shape index (κ1) is 16.9. The maximum absolute atomic E-state index is 11.6. The number of sulfone groups is 1. The zero-order chi connectivity index (χ0) is 15.6. The van der Waals surface area contributed by atoms with Gasteiger partial charge in [0.25, 0.3) is 0 Å². The lowest BCUT2D eigenvalue weighted by Gasteiger charge is -2.14. The molecule has 2 N–H and O–H groups in total. The first-order chi connectivity index (χ1) is 9.07. The smallest absolute Gasteiger partial charge is 0.241 e. The van der Waals surface area contributed by atoms with Crippen LogP contribution in [0.25, 0.3) is 0 Å². The first-order valence-electron chi connectivity index (χ1n) is 6.04. The first-order valence-corrected chi connectivity index (χ1v) is 9.41. The quantitative estimate of drug-likeness (QED) is 0.833. The van der Waals surface area contributed by atoms with E-state index in [4.69, 9.17) is 9.88 Å². The lowest BCUT2D eigenvalue weighted by molar-refractivity contribution is 0.329. The number of rotatable bonds is 6. The summed E-state index contributed by atoms with van der Waals surface area (Å²) < 4.78 is 51.2. The molecule has 20 heavy (non-hydrogen) atoms. The fraction of sp³-hybridized carbons (Fsp3) is 0.500. The number of hydrogen-bond acceptors (Lipinski definition) is 5. The van der Waals surface area contributed by atoms with Crippen LogP contribution in [0.2, 0.25) is 0 Å². The maximum Gasteiger partial charge on any atom is 0.241 e. The maximum atomic E-state index is 11.6. The van der Waals surface area contributed by atoms with Crippen molar-refractivity contribution < 1.29 is 21.6 Å². The van der Waals surface area contributed by atoms with Gasteiger partial charge in [0.2, 0.25) is 10.0 Å². The molecule has 114 valence electrons. The molecular weight excluding hydrogens is 302 g/mol. The largest absolute Gasteiger partial charge is 0.491 e. The van der Waals surface area contributed by atoms with Gasteiger partial charge < -0.3 is 4.74 Å². The van der Waals surface area contributed by atoms with Crippen molar-refractivity contribution in [2.24, 2.45) is 5.14 Å². The minimum Gasteiger partial charge on any atom is -0.491 e. The lowest BCUT2D eigenvalue weighted by atomic mass is 10.1. The van der Waals surface area contributed by atoms with Crippen LogP contribution >= 0.6 is 0 Å². The standard InChI is InChI=1S/C12H19NO5S2/c1-4-19(14,15)6-5-18-12-10(3)7-9(2)8-11(12)20(13,16)17/h7-8H,4-6H2,1-3H3,(H2,13,16,17). The molecule has 0 fully saturated rings. The van der Waals surface area contributed by atoms with Gasteiger partial charge in [-0.1, -0.05) is 13.0 Å². The molecule has 0 aliphatic carbocycles. The average molecular weight is 321 g/mol. The molecule has 0 saturated heterocycles. The van der Waals surface area contributed by atoms with Gasteiger partial charge in [-0.05, 0) is 31.0 Å². The summed E-state index contributed by atoms with van der Waals surface area (Å²) in [7, 11) is -7.09. The molecule has 0 bridgehead atoms. The third kappa shape index (κ3) is 4.46. The Hall–Kier alpha value is -1.12. The van der Waals surface area contributed by atoms with Crippen molar-refractivity contribution in [2.75, 3.05) is 18.1 Å². The molecule has 0 saturated carbocycles. The predicted molar refractivity (Wildman–Crippen MR) is 77.1 cm³/mol. The molecule has 0 heterocycles. The van der Waals surface area contributed by atoms with Crippen molar-refractivity contribution in [3.05, 3.63) is 23.3 Å². The minimum absolute atomic E-state index is 0.0191. The highest BCUT2D eigenvalue weighted by Gasteiger charge is 2.19. The monoisotopic (exact) mass is 321 g/mol. The van der Waals surface area contributed by atoms with Crippen LogP contribution in [0, 0.1) is 13.8 Å². The summed E-state index contributed by atoms with van der Waals surface area (Å²) in [4.78, 5) is -0.121. The van der Waals surface area contributed by atoms with Crippen LogP contribution in [0.5, 0.6) is 5.75 Å². The van der Waals surface area contributed by atoms with Gasteiger partial charge in [-0.2, -0.15) is 0 Å². The van der Waals surface area contributed by atoms with E-state index in [0.29, 0.717) is 5.56 Å². The second-order valence-corrected chi connectivity index (χ2v) is 8.54. The Balaban J connectivity index is 3.07. The number of primary sulfonamides is 1. The molecule has 0 aliphatic rings. The fourth-order valence-electron chi connectivity index (χ4n) is 1.73. The number of aryl methyl sites for hydroxylation is 2. The third-order valence-corrected chi connectivity index (χ3v) is 5.36. The molecule has 8 heteroatoms. The van der Waals surface area contributed by atoms with Crippen LogP contribution in [0.3, 0.4) is 0 Å². The average Bonchev–Trinajstić information content (AvgIpc) is 2.30. The van der Waals surface area contributed by atoms with E-state index in [1.54, 1.807) is 26.8 Å². The summed E-state index contributed by atoms with van der Waals surface area (Å²) in [5, 5.41) is 5.15. The third-order valence-electron chi connectivity index (χ3n) is 2.77. The van der Waals surface area contributed by atoms with E-state index in [2.05, 4.69) is 0 Å². The number of hydrogen-bond donors (Lipinski definition) is 1. The lowest BCUT2D eigenvalue weighted by Crippen LogP contribution is -2.19. The Labute approximate surface area is 119 Å². The highest BCUT2D eigenvalue weighted by Crippen LogP contribution is 2.28. The molecule has 6 nitrogen and oxygen atoms in total. The molecular formula is C12H19NO5S2. The number of nitrogens with two attached hydrogens (primary N) is 1. The Morgan fingerprint density at radius 3 is 2.25 bits per heavy atom. The van der Waals surface area contributed by atoms with Gasteiger partial charge in [0.15, 0.2) is 9.84 Å². The van der Waals surface area contributed by atoms with E-state index in [1.807, 2.05) is 0 Å². The van der Waals surface area contributed by atoms with E-state index in [0.717, 1.165) is 5.56 Å². The summed E-state index contributed by atoms with van der Waals surface area (Å²) in [6.07, 6.45) is 0. The van der Waals surface area contributed by atoms with E-state index in [9.17, 15) is 16.8 Å². The van der Waals surface area contributed by atoms with Crippen LogP contribution < -0.4 is 9.88 Å². The number of ether oxygens (including phenoxy) is 1. The van der Waals surface area contributed by atoms with Crippen LogP contribution in [-0.2, 0) is 19.9 Å². The SMILES string of the molecule is CCS(=O)(=O)CCOc1c(C)cc(C)cc1S(N)(=O)=O. The Morgan fingerprint density at radius 2 is 1.75 bits per heavy atom. The van der Waals surface area contributed by atoms with Gasteiger partial charge >= 0.3 is 0 Å². The topological polar surface area (TPSA) is 104 Å². The summed E-state index contributed by atoms with van der Waals surface area (Å²) in [6, 6.07) is 3.16. The molecule has 1 aromatic rings. The summed E-state index contributed by atoms with van der Waals surface area (Å²) in [5.41, 5.74) is 1.34. The second-order valence-electron chi connectivity index (χ2n) is 4.54. The molecule has 0 atom stereocenters. The molecule has 0 spiro atoms. The second kappa shape index (κ2) is 6.11. The van der Waals surface area contributed by atoms with Crippen molar-refractivity contribution in [3.8, 4) is 5.75 Å². The van der Waals surface area contributed by atoms with Gasteiger partial charge in [-0.3, -0.25) is 0 Å². The van der Waals surface area contributed by atoms with Crippen LogP contribution in [0.1, 0.15) is 18.1 Å². The fourth-order valence-corrected chi connectivity index (χ4v) is 3.18. The molecule has 0 amide bonds. The van der Waals surface area contributed by atoms with E-state index in [1.165, 1.54) is 6.07 Å². The van der Waals surface area contributed by atoms with Crippen LogP contribution in [0.15, 0.2) is 17.0 Å². The number of sulfonamides is 1. The van der Waals surface area contributed by atoms with Crippen molar-refractivity contribution >= 4 is 19.9 Å². The number of benzene rings is 1. The molecule has 0 aliphatic heterocycles. The van der Waals surface area contributed by atoms with Gasteiger partial charge in [-0.25, -0.2) is 22.0 Å². The summed E-state index contributed by atoms with van der Waals surface area (Å²) in [6.45, 7) is 4.86. The van der Waals surface area contributed by atoms with Crippen LogP contribution in [0.4, 0.5) is 0 Å². The summed E-state index contributed by atoms with van der Waals surface area (Å²) in [5.74, 6) is -0.0315.